The molecule has 0 heterocycles. The Morgan fingerprint density at radius 2 is 2.06 bits per heavy atom. The lowest BCUT2D eigenvalue weighted by Gasteiger charge is -2.16. The molecule has 1 unspecified atom stereocenters. The van der Waals surface area contributed by atoms with E-state index >= 15 is 0 Å². The third-order valence-corrected chi connectivity index (χ3v) is 4.02. The Morgan fingerprint density at radius 1 is 1.29 bits per heavy atom. The van der Waals surface area contributed by atoms with Crippen LogP contribution in [0.5, 0.6) is 0 Å². The van der Waals surface area contributed by atoms with Crippen LogP contribution in [0.3, 0.4) is 0 Å². The number of rotatable bonds is 5. The van der Waals surface area contributed by atoms with Crippen LogP contribution in [0.4, 0.5) is 0 Å². The summed E-state index contributed by atoms with van der Waals surface area (Å²) in [5, 5.41) is 3.65. The molecule has 1 aromatic rings. The minimum absolute atomic E-state index is 0.483. The van der Waals surface area contributed by atoms with Gasteiger partial charge in [0.05, 0.1) is 0 Å². The molecule has 1 aliphatic carbocycles. The van der Waals surface area contributed by atoms with Crippen molar-refractivity contribution >= 4 is 0 Å². The lowest BCUT2D eigenvalue weighted by molar-refractivity contribution is 0.455. The molecule has 1 heteroatoms. The molecule has 1 atom stereocenters. The van der Waals surface area contributed by atoms with Crippen LogP contribution < -0.4 is 5.32 Å². The lowest BCUT2D eigenvalue weighted by atomic mass is 10.0. The maximum Gasteiger partial charge on any atom is 0.0291 e. The number of nitrogens with one attached hydrogen (secondary N) is 1. The fourth-order valence-corrected chi connectivity index (χ4v) is 2.86. The minimum atomic E-state index is 0.483. The van der Waals surface area contributed by atoms with E-state index in [0.29, 0.717) is 6.04 Å². The fraction of sp³-hybridized carbons (Fsp3) is 0.625. The third kappa shape index (κ3) is 3.85. The zero-order valence-corrected chi connectivity index (χ0v) is 11.2. The van der Waals surface area contributed by atoms with Gasteiger partial charge in [-0.15, -0.1) is 0 Å². The van der Waals surface area contributed by atoms with Crippen molar-refractivity contribution in [1.82, 2.24) is 5.32 Å². The first-order valence-electron chi connectivity index (χ1n) is 7.05. The van der Waals surface area contributed by atoms with Crippen LogP contribution in [-0.2, 0) is 0 Å². The van der Waals surface area contributed by atoms with Crippen molar-refractivity contribution in [3.63, 3.8) is 0 Å². The summed E-state index contributed by atoms with van der Waals surface area (Å²) in [5.41, 5.74) is 2.77. The highest BCUT2D eigenvalue weighted by molar-refractivity contribution is 5.24. The second kappa shape index (κ2) is 6.20. The average molecular weight is 231 g/mol. The van der Waals surface area contributed by atoms with Crippen molar-refractivity contribution in [3.05, 3.63) is 35.4 Å². The molecule has 0 saturated heterocycles. The molecule has 0 radical (unpaired) electrons. The topological polar surface area (TPSA) is 12.0 Å². The number of benzene rings is 1. The number of aryl methyl sites for hydroxylation is 1. The van der Waals surface area contributed by atoms with E-state index < -0.39 is 0 Å². The highest BCUT2D eigenvalue weighted by Gasteiger charge is 2.14. The molecule has 1 aromatic carbocycles. The second-order valence-corrected chi connectivity index (χ2v) is 5.53. The molecular weight excluding hydrogens is 206 g/mol. The lowest BCUT2D eigenvalue weighted by Crippen LogP contribution is -2.21. The summed E-state index contributed by atoms with van der Waals surface area (Å²) in [4.78, 5) is 0. The van der Waals surface area contributed by atoms with Gasteiger partial charge in [-0.1, -0.05) is 55.5 Å². The largest absolute Gasteiger partial charge is 0.310 e. The van der Waals surface area contributed by atoms with Gasteiger partial charge in [0.1, 0.15) is 0 Å². The quantitative estimate of drug-likeness (QED) is 0.800. The molecule has 17 heavy (non-hydrogen) atoms. The van der Waals surface area contributed by atoms with Gasteiger partial charge in [-0.25, -0.2) is 0 Å². The Bertz CT molecular complexity index is 339. The molecule has 1 N–H and O–H groups in total. The van der Waals surface area contributed by atoms with Gasteiger partial charge in [0.2, 0.25) is 0 Å². The molecule has 1 aliphatic rings. The van der Waals surface area contributed by atoms with Crippen molar-refractivity contribution in [2.75, 3.05) is 6.54 Å². The molecule has 0 spiro atoms. The summed E-state index contributed by atoms with van der Waals surface area (Å²) in [6.07, 6.45) is 7.19. The van der Waals surface area contributed by atoms with E-state index in [0.717, 1.165) is 5.92 Å². The van der Waals surface area contributed by atoms with Gasteiger partial charge < -0.3 is 5.32 Å². The molecule has 2 rings (SSSR count). The Labute approximate surface area is 106 Å². The van der Waals surface area contributed by atoms with E-state index in [2.05, 4.69) is 43.4 Å². The minimum Gasteiger partial charge on any atom is -0.310 e. The first kappa shape index (κ1) is 12.6. The zero-order chi connectivity index (χ0) is 12.1. The van der Waals surface area contributed by atoms with Crippen LogP contribution in [0.2, 0.25) is 0 Å². The third-order valence-electron chi connectivity index (χ3n) is 4.02. The Kier molecular flexibility index (Phi) is 4.61. The smallest absolute Gasteiger partial charge is 0.0291 e. The molecule has 94 valence electrons. The molecule has 0 bridgehead atoms. The Hall–Kier alpha value is -0.820. The molecule has 0 amide bonds. The second-order valence-electron chi connectivity index (χ2n) is 5.53. The Balaban J connectivity index is 1.74. The highest BCUT2D eigenvalue weighted by atomic mass is 14.9. The van der Waals surface area contributed by atoms with Crippen molar-refractivity contribution in [3.8, 4) is 0 Å². The van der Waals surface area contributed by atoms with Crippen molar-refractivity contribution in [2.45, 2.75) is 52.0 Å². The normalized spacial score (nSPS) is 18.5. The Morgan fingerprint density at radius 3 is 2.76 bits per heavy atom. The first-order chi connectivity index (χ1) is 8.25. The maximum atomic E-state index is 3.65. The standard InChI is InChI=1S/C16H25N/c1-13-6-5-9-16(12-13)14(2)17-11-10-15-7-3-4-8-15/h5-6,9,12,14-15,17H,3-4,7-8,10-11H2,1-2H3. The zero-order valence-electron chi connectivity index (χ0n) is 11.2. The van der Waals surface area contributed by atoms with Crippen LogP contribution in [0.1, 0.15) is 56.2 Å². The summed E-state index contributed by atoms with van der Waals surface area (Å²) in [6.45, 7) is 5.60. The number of hydrogen-bond acceptors (Lipinski definition) is 1. The number of hydrogen-bond donors (Lipinski definition) is 1. The summed E-state index contributed by atoms with van der Waals surface area (Å²) in [6, 6.07) is 9.30. The van der Waals surface area contributed by atoms with E-state index in [9.17, 15) is 0 Å². The molecule has 0 aliphatic heterocycles. The molecular formula is C16H25N. The van der Waals surface area contributed by atoms with Gasteiger partial charge in [0, 0.05) is 6.04 Å². The van der Waals surface area contributed by atoms with Crippen LogP contribution in [0.25, 0.3) is 0 Å². The maximum absolute atomic E-state index is 3.65. The van der Waals surface area contributed by atoms with Gasteiger partial charge in [-0.2, -0.15) is 0 Å². The van der Waals surface area contributed by atoms with E-state index in [-0.39, 0.29) is 0 Å². The molecule has 1 fully saturated rings. The fourth-order valence-electron chi connectivity index (χ4n) is 2.86. The van der Waals surface area contributed by atoms with E-state index in [1.807, 2.05) is 0 Å². The van der Waals surface area contributed by atoms with E-state index in [1.54, 1.807) is 0 Å². The summed E-state index contributed by atoms with van der Waals surface area (Å²) >= 11 is 0. The van der Waals surface area contributed by atoms with Gasteiger partial charge in [-0.05, 0) is 38.3 Å². The SMILES string of the molecule is Cc1cccc(C(C)NCCC2CCCC2)c1. The van der Waals surface area contributed by atoms with Crippen molar-refractivity contribution in [2.24, 2.45) is 5.92 Å². The summed E-state index contributed by atoms with van der Waals surface area (Å²) in [5.74, 6) is 0.993. The molecule has 1 nitrogen and oxygen atoms in total. The predicted octanol–water partition coefficient (Wildman–Crippen LogP) is 4.23. The van der Waals surface area contributed by atoms with Crippen molar-refractivity contribution in [1.29, 1.82) is 0 Å². The van der Waals surface area contributed by atoms with Crippen LogP contribution in [-0.4, -0.2) is 6.54 Å². The van der Waals surface area contributed by atoms with Gasteiger partial charge in [0.25, 0.3) is 0 Å². The highest BCUT2D eigenvalue weighted by Crippen LogP contribution is 2.27. The summed E-state index contributed by atoms with van der Waals surface area (Å²) in [7, 11) is 0. The predicted molar refractivity (Wildman–Crippen MR) is 74.2 cm³/mol. The first-order valence-corrected chi connectivity index (χ1v) is 7.05. The average Bonchev–Trinajstić information content (AvgIpc) is 2.82. The van der Waals surface area contributed by atoms with E-state index in [1.165, 1.54) is 49.8 Å². The van der Waals surface area contributed by atoms with Crippen LogP contribution >= 0.6 is 0 Å². The summed E-state index contributed by atoms with van der Waals surface area (Å²) < 4.78 is 0. The van der Waals surface area contributed by atoms with Gasteiger partial charge in [-0.3, -0.25) is 0 Å². The monoisotopic (exact) mass is 231 g/mol. The van der Waals surface area contributed by atoms with Crippen LogP contribution in [0, 0.1) is 12.8 Å². The molecule has 1 saturated carbocycles. The van der Waals surface area contributed by atoms with Gasteiger partial charge in [0.15, 0.2) is 0 Å². The molecule has 0 aromatic heterocycles. The van der Waals surface area contributed by atoms with E-state index in [4.69, 9.17) is 0 Å². The van der Waals surface area contributed by atoms with Crippen LogP contribution in [0.15, 0.2) is 24.3 Å². The van der Waals surface area contributed by atoms with Gasteiger partial charge >= 0.3 is 0 Å². The van der Waals surface area contributed by atoms with Crippen molar-refractivity contribution < 1.29 is 0 Å².